The zero-order valence-corrected chi connectivity index (χ0v) is 10.8. The van der Waals surface area contributed by atoms with Crippen LogP contribution in [0.2, 0.25) is 0 Å². The first kappa shape index (κ1) is 11.2. The second-order valence-electron chi connectivity index (χ2n) is 3.27. The van der Waals surface area contributed by atoms with E-state index in [4.69, 9.17) is 5.26 Å². The lowest BCUT2D eigenvalue weighted by molar-refractivity contribution is 1.01. The molecule has 1 N–H and O–H groups in total. The number of halogens is 1. The van der Waals surface area contributed by atoms with Crippen molar-refractivity contribution in [2.75, 3.05) is 5.32 Å². The highest BCUT2D eigenvalue weighted by molar-refractivity contribution is 9.10. The van der Waals surface area contributed by atoms with Crippen LogP contribution in [0.1, 0.15) is 11.6 Å². The maximum Gasteiger partial charge on any atom is 0.141 e. The van der Waals surface area contributed by atoms with E-state index < -0.39 is 0 Å². The van der Waals surface area contributed by atoms with E-state index in [1.807, 2.05) is 41.1 Å². The van der Waals surface area contributed by atoms with E-state index in [0.29, 0.717) is 0 Å². The molecular weight excluding hydrogens is 284 g/mol. The van der Waals surface area contributed by atoms with Crippen LogP contribution in [0.15, 0.2) is 45.6 Å². The van der Waals surface area contributed by atoms with Crippen LogP contribution >= 0.6 is 27.3 Å². The lowest BCUT2D eigenvalue weighted by Gasteiger charge is -2.11. The summed E-state index contributed by atoms with van der Waals surface area (Å²) in [6, 6.07) is 11.7. The number of nitrogens with one attached hydrogen (secondary N) is 1. The van der Waals surface area contributed by atoms with Gasteiger partial charge in [0.1, 0.15) is 6.04 Å². The molecule has 1 atom stereocenters. The minimum atomic E-state index is -0.285. The van der Waals surface area contributed by atoms with Gasteiger partial charge in [-0.15, -0.1) is 0 Å². The molecule has 2 nitrogen and oxygen atoms in total. The fourth-order valence-corrected chi connectivity index (χ4v) is 2.29. The van der Waals surface area contributed by atoms with E-state index in [1.54, 1.807) is 11.3 Å². The molecule has 0 bridgehead atoms. The molecule has 1 unspecified atom stereocenters. The van der Waals surface area contributed by atoms with E-state index >= 15 is 0 Å². The maximum absolute atomic E-state index is 9.10. The molecule has 1 aromatic heterocycles. The summed E-state index contributed by atoms with van der Waals surface area (Å²) in [7, 11) is 0. The molecule has 0 fully saturated rings. The fraction of sp³-hybridized carbons (Fsp3) is 0.0833. The van der Waals surface area contributed by atoms with Crippen LogP contribution < -0.4 is 5.32 Å². The molecule has 0 radical (unpaired) electrons. The number of anilines is 1. The summed E-state index contributed by atoms with van der Waals surface area (Å²) in [5.74, 6) is 0. The summed E-state index contributed by atoms with van der Waals surface area (Å²) < 4.78 is 1.03. The molecular formula is C12H9BrN2S. The normalized spacial score (nSPS) is 11.8. The number of nitrogens with zero attached hydrogens (tertiary/aromatic N) is 1. The Hall–Kier alpha value is -1.31. The Morgan fingerprint density at radius 2 is 2.00 bits per heavy atom. The number of hydrogen-bond donors (Lipinski definition) is 1. The molecule has 0 spiro atoms. The van der Waals surface area contributed by atoms with Gasteiger partial charge >= 0.3 is 0 Å². The van der Waals surface area contributed by atoms with Crippen molar-refractivity contribution in [1.29, 1.82) is 5.26 Å². The summed E-state index contributed by atoms with van der Waals surface area (Å²) >= 11 is 4.97. The van der Waals surface area contributed by atoms with Gasteiger partial charge in [0, 0.05) is 10.2 Å². The standard InChI is InChI=1S/C12H9BrN2S/c13-10-1-3-11(4-2-10)15-12(7-14)9-5-6-16-8-9/h1-6,8,12,15H. The van der Waals surface area contributed by atoms with Gasteiger partial charge in [-0.25, -0.2) is 0 Å². The van der Waals surface area contributed by atoms with Crippen LogP contribution in [0.25, 0.3) is 0 Å². The highest BCUT2D eigenvalue weighted by atomic mass is 79.9. The highest BCUT2D eigenvalue weighted by Gasteiger charge is 2.09. The van der Waals surface area contributed by atoms with Crippen molar-refractivity contribution >= 4 is 33.0 Å². The van der Waals surface area contributed by atoms with Crippen LogP contribution in [0.3, 0.4) is 0 Å². The minimum Gasteiger partial charge on any atom is -0.366 e. The zero-order chi connectivity index (χ0) is 11.4. The van der Waals surface area contributed by atoms with Gasteiger partial charge in [-0.2, -0.15) is 16.6 Å². The fourth-order valence-electron chi connectivity index (χ4n) is 1.34. The lowest BCUT2D eigenvalue weighted by Crippen LogP contribution is -2.07. The van der Waals surface area contributed by atoms with Gasteiger partial charge in [0.05, 0.1) is 6.07 Å². The Bertz CT molecular complexity index is 485. The smallest absolute Gasteiger partial charge is 0.141 e. The van der Waals surface area contributed by atoms with Gasteiger partial charge < -0.3 is 5.32 Å². The Morgan fingerprint density at radius 3 is 2.56 bits per heavy atom. The highest BCUT2D eigenvalue weighted by Crippen LogP contribution is 2.22. The number of hydrogen-bond acceptors (Lipinski definition) is 3. The molecule has 2 aromatic rings. The van der Waals surface area contributed by atoms with Gasteiger partial charge in [-0.3, -0.25) is 0 Å². The van der Waals surface area contributed by atoms with Crippen molar-refractivity contribution in [2.24, 2.45) is 0 Å². The molecule has 1 aromatic carbocycles. The SMILES string of the molecule is N#CC(Nc1ccc(Br)cc1)c1ccsc1. The van der Waals surface area contributed by atoms with Gasteiger partial charge in [-0.05, 0) is 46.7 Å². The van der Waals surface area contributed by atoms with Crippen LogP contribution in [0.4, 0.5) is 5.69 Å². The third kappa shape index (κ3) is 2.63. The van der Waals surface area contributed by atoms with E-state index in [0.717, 1.165) is 15.7 Å². The molecule has 1 heterocycles. The largest absolute Gasteiger partial charge is 0.366 e. The Kier molecular flexibility index (Phi) is 3.60. The topological polar surface area (TPSA) is 35.8 Å². The summed E-state index contributed by atoms with van der Waals surface area (Å²) in [4.78, 5) is 0. The predicted octanol–water partition coefficient (Wildman–Crippen LogP) is 4.19. The quantitative estimate of drug-likeness (QED) is 0.921. The Labute approximate surface area is 107 Å². The predicted molar refractivity (Wildman–Crippen MR) is 70.4 cm³/mol. The van der Waals surface area contributed by atoms with Crippen molar-refractivity contribution in [3.63, 3.8) is 0 Å². The summed E-state index contributed by atoms with van der Waals surface area (Å²) in [5.41, 5.74) is 1.95. The first-order chi connectivity index (χ1) is 7.79. The molecule has 0 saturated heterocycles. The minimum absolute atomic E-state index is 0.285. The maximum atomic E-state index is 9.10. The third-order valence-electron chi connectivity index (χ3n) is 2.16. The second-order valence-corrected chi connectivity index (χ2v) is 4.97. The van der Waals surface area contributed by atoms with Gasteiger partial charge in [0.25, 0.3) is 0 Å². The molecule has 0 amide bonds. The van der Waals surface area contributed by atoms with E-state index in [9.17, 15) is 0 Å². The van der Waals surface area contributed by atoms with Crippen LogP contribution in [0, 0.1) is 11.3 Å². The third-order valence-corrected chi connectivity index (χ3v) is 3.39. The van der Waals surface area contributed by atoms with Crippen LogP contribution in [0.5, 0.6) is 0 Å². The molecule has 0 saturated carbocycles. The van der Waals surface area contributed by atoms with Crippen molar-refractivity contribution in [1.82, 2.24) is 0 Å². The van der Waals surface area contributed by atoms with Gasteiger partial charge in [0.15, 0.2) is 0 Å². The van der Waals surface area contributed by atoms with E-state index in [1.165, 1.54) is 0 Å². The van der Waals surface area contributed by atoms with Gasteiger partial charge in [0.2, 0.25) is 0 Å². The van der Waals surface area contributed by atoms with E-state index in [2.05, 4.69) is 27.3 Å². The van der Waals surface area contributed by atoms with Crippen LogP contribution in [-0.4, -0.2) is 0 Å². The van der Waals surface area contributed by atoms with Gasteiger partial charge in [-0.1, -0.05) is 15.9 Å². The first-order valence-electron chi connectivity index (χ1n) is 4.73. The average Bonchev–Trinajstić information content (AvgIpc) is 2.82. The molecule has 0 aliphatic heterocycles. The number of nitriles is 1. The Balaban J connectivity index is 2.14. The second kappa shape index (κ2) is 5.15. The van der Waals surface area contributed by atoms with Crippen molar-refractivity contribution in [3.05, 3.63) is 51.1 Å². The van der Waals surface area contributed by atoms with Crippen molar-refractivity contribution < 1.29 is 0 Å². The first-order valence-corrected chi connectivity index (χ1v) is 6.47. The molecule has 0 aliphatic rings. The average molecular weight is 293 g/mol. The summed E-state index contributed by atoms with van der Waals surface area (Å²) in [5, 5.41) is 16.2. The Morgan fingerprint density at radius 1 is 1.25 bits per heavy atom. The lowest BCUT2D eigenvalue weighted by atomic mass is 10.1. The number of rotatable bonds is 3. The van der Waals surface area contributed by atoms with Crippen LogP contribution in [-0.2, 0) is 0 Å². The van der Waals surface area contributed by atoms with Crippen molar-refractivity contribution in [3.8, 4) is 6.07 Å². The monoisotopic (exact) mass is 292 g/mol. The molecule has 0 aliphatic carbocycles. The zero-order valence-electron chi connectivity index (χ0n) is 8.35. The number of thiophene rings is 1. The summed E-state index contributed by atoms with van der Waals surface area (Å²) in [6.45, 7) is 0. The molecule has 16 heavy (non-hydrogen) atoms. The van der Waals surface area contributed by atoms with E-state index in [-0.39, 0.29) is 6.04 Å². The molecule has 2 rings (SSSR count). The summed E-state index contributed by atoms with van der Waals surface area (Å²) in [6.07, 6.45) is 0. The number of benzene rings is 1. The van der Waals surface area contributed by atoms with Crippen molar-refractivity contribution in [2.45, 2.75) is 6.04 Å². The molecule has 4 heteroatoms. The molecule has 80 valence electrons.